The van der Waals surface area contributed by atoms with Crippen LogP contribution in [0, 0.1) is 6.57 Å². The van der Waals surface area contributed by atoms with Crippen molar-refractivity contribution in [3.05, 3.63) is 131 Å². The fourth-order valence-electron chi connectivity index (χ4n) is 4.84. The number of thiazole rings is 2. The Bertz CT molecular complexity index is 2060. The quantitative estimate of drug-likeness (QED) is 0.168. The van der Waals surface area contributed by atoms with Crippen LogP contribution in [0.5, 0.6) is 0 Å². The van der Waals surface area contributed by atoms with Crippen LogP contribution in [0.2, 0.25) is 0 Å². The van der Waals surface area contributed by atoms with Crippen molar-refractivity contribution in [3.8, 4) is 31.6 Å². The molecule has 6 nitrogen and oxygen atoms in total. The highest BCUT2D eigenvalue weighted by Gasteiger charge is 2.18. The van der Waals surface area contributed by atoms with Crippen molar-refractivity contribution in [1.82, 2.24) is 18.7 Å². The van der Waals surface area contributed by atoms with Gasteiger partial charge < -0.3 is 4.90 Å². The third-order valence-corrected chi connectivity index (χ3v) is 9.46. The van der Waals surface area contributed by atoms with Crippen molar-refractivity contribution in [2.45, 2.75) is 6.92 Å². The smallest absolute Gasteiger partial charge is 0.164 e. The number of aromatic nitrogens is 4. The molecule has 7 rings (SSSR count). The summed E-state index contributed by atoms with van der Waals surface area (Å²) in [5, 5.41) is 1.75. The maximum Gasteiger partial charge on any atom is 0.164 e. The van der Waals surface area contributed by atoms with Crippen molar-refractivity contribution < 1.29 is 0 Å². The van der Waals surface area contributed by atoms with E-state index in [-0.39, 0.29) is 0 Å². The van der Waals surface area contributed by atoms with Crippen LogP contribution in [0.15, 0.2) is 115 Å². The van der Waals surface area contributed by atoms with E-state index in [9.17, 15) is 0 Å². The van der Waals surface area contributed by atoms with E-state index in [0.29, 0.717) is 5.70 Å². The van der Waals surface area contributed by atoms with Gasteiger partial charge in [-0.1, -0.05) is 48.5 Å². The molecule has 0 saturated heterocycles. The Kier molecular flexibility index (Phi) is 7.31. The number of hydrogen-bond donors (Lipinski definition) is 0. The van der Waals surface area contributed by atoms with Crippen LogP contribution in [0.3, 0.4) is 0 Å². The van der Waals surface area contributed by atoms with Gasteiger partial charge >= 0.3 is 0 Å². The Morgan fingerprint density at radius 2 is 1.26 bits per heavy atom. The molecule has 0 radical (unpaired) electrons. The molecule has 43 heavy (non-hydrogen) atoms. The minimum Gasteiger partial charge on any atom is -0.311 e. The molecule has 0 bridgehead atoms. The van der Waals surface area contributed by atoms with Crippen LogP contribution in [-0.4, -0.2) is 18.7 Å². The van der Waals surface area contributed by atoms with Crippen LogP contribution in [0.1, 0.15) is 11.8 Å². The highest BCUT2D eigenvalue weighted by atomic mass is 32.1. The monoisotopic (exact) mass is 610 g/mol. The summed E-state index contributed by atoms with van der Waals surface area (Å²) in [6, 6.07) is 33.5. The lowest BCUT2D eigenvalue weighted by Crippen LogP contribution is -2.09. The van der Waals surface area contributed by atoms with Gasteiger partial charge in [-0.3, -0.25) is 0 Å². The third kappa shape index (κ3) is 5.35. The lowest BCUT2D eigenvalue weighted by Gasteiger charge is -2.25. The molecule has 0 aliphatic heterocycles. The maximum absolute atomic E-state index is 7.19. The molecule has 0 unspecified atom stereocenters. The van der Waals surface area contributed by atoms with Crippen LogP contribution >= 0.6 is 34.4 Å². The number of rotatable bonds is 7. The predicted molar refractivity (Wildman–Crippen MR) is 180 cm³/mol. The predicted octanol–water partition coefficient (Wildman–Crippen LogP) is 10.4. The van der Waals surface area contributed by atoms with Crippen LogP contribution in [-0.2, 0) is 0 Å². The van der Waals surface area contributed by atoms with Crippen molar-refractivity contribution in [1.29, 1.82) is 0 Å². The molecule has 206 valence electrons. The van der Waals surface area contributed by atoms with E-state index < -0.39 is 0 Å². The molecule has 9 heteroatoms. The normalized spacial score (nSPS) is 11.5. The van der Waals surface area contributed by atoms with Gasteiger partial charge in [0, 0.05) is 45.5 Å². The van der Waals surface area contributed by atoms with Gasteiger partial charge in [0.25, 0.3) is 0 Å². The zero-order valence-corrected chi connectivity index (χ0v) is 25.3. The molecular weight excluding hydrogens is 589 g/mol. The van der Waals surface area contributed by atoms with Gasteiger partial charge in [-0.15, -0.1) is 22.7 Å². The minimum absolute atomic E-state index is 0.630. The van der Waals surface area contributed by atoms with Crippen molar-refractivity contribution >= 4 is 68.6 Å². The Hall–Kier alpha value is -5.01. The molecule has 0 saturated carbocycles. The van der Waals surface area contributed by atoms with Gasteiger partial charge in [-0.25, -0.2) is 14.8 Å². The molecule has 0 atom stereocenters. The molecule has 3 heterocycles. The molecule has 0 aliphatic rings. The molecular formula is C34H22N6S3. The molecule has 3 aromatic heterocycles. The van der Waals surface area contributed by atoms with Gasteiger partial charge in [0.15, 0.2) is 5.70 Å². The third-order valence-electron chi connectivity index (χ3n) is 6.87. The second-order valence-corrected chi connectivity index (χ2v) is 12.3. The summed E-state index contributed by atoms with van der Waals surface area (Å²) >= 11 is 4.38. The summed E-state index contributed by atoms with van der Waals surface area (Å²) in [7, 11) is 0. The number of benzene rings is 4. The average Bonchev–Trinajstić information content (AvgIpc) is 3.84. The largest absolute Gasteiger partial charge is 0.311 e. The van der Waals surface area contributed by atoms with Crippen LogP contribution in [0.25, 0.3) is 53.5 Å². The van der Waals surface area contributed by atoms with Crippen molar-refractivity contribution in [3.63, 3.8) is 0 Å². The number of fused-ring (bicyclic) bond motifs is 1. The van der Waals surface area contributed by atoms with E-state index >= 15 is 0 Å². The fraction of sp³-hybridized carbons (Fsp3) is 0.0294. The highest BCUT2D eigenvalue weighted by Crippen LogP contribution is 2.40. The number of allylic oxidation sites excluding steroid dienone is 1. The molecule has 7 aromatic rings. The SMILES string of the molecule is [C-]#[N+]/C(C)=C\c1cnc(-c2ccc(-c3ncc(-c4ccc(N(c5ccccc5)c5ccccc5)cc4)s3)c3nsnc23)s1. The Morgan fingerprint density at radius 1 is 0.698 bits per heavy atom. The summed E-state index contributed by atoms with van der Waals surface area (Å²) in [4.78, 5) is 17.1. The molecule has 0 aliphatic carbocycles. The fourth-order valence-corrected chi connectivity index (χ4v) is 7.30. The highest BCUT2D eigenvalue weighted by molar-refractivity contribution is 7.18. The van der Waals surface area contributed by atoms with E-state index in [0.717, 1.165) is 64.6 Å². The summed E-state index contributed by atoms with van der Waals surface area (Å²) in [5.41, 5.74) is 8.57. The van der Waals surface area contributed by atoms with Gasteiger partial charge in [0.05, 0.1) is 23.2 Å². The first-order valence-corrected chi connectivity index (χ1v) is 15.8. The molecule has 0 N–H and O–H groups in total. The number of hydrogen-bond acceptors (Lipinski definition) is 8. The lowest BCUT2D eigenvalue weighted by molar-refractivity contribution is 1.28. The van der Waals surface area contributed by atoms with E-state index in [1.165, 1.54) is 11.7 Å². The van der Waals surface area contributed by atoms with Gasteiger partial charge in [-0.05, 0) is 67.1 Å². The summed E-state index contributed by atoms with van der Waals surface area (Å²) in [5.74, 6) is 0. The second kappa shape index (κ2) is 11.7. The number of nitrogens with zero attached hydrogens (tertiary/aromatic N) is 6. The Balaban J connectivity index is 1.19. The summed E-state index contributed by atoms with van der Waals surface area (Å²) < 4.78 is 9.25. The zero-order chi connectivity index (χ0) is 29.2. The first-order chi connectivity index (χ1) is 21.2. The lowest BCUT2D eigenvalue weighted by atomic mass is 10.1. The van der Waals surface area contributed by atoms with Crippen LogP contribution in [0.4, 0.5) is 17.1 Å². The van der Waals surface area contributed by atoms with E-state index in [4.69, 9.17) is 11.6 Å². The number of anilines is 3. The molecule has 4 aromatic carbocycles. The number of para-hydroxylation sites is 2. The summed E-state index contributed by atoms with van der Waals surface area (Å²) in [6.45, 7) is 8.98. The first kappa shape index (κ1) is 26.9. The van der Waals surface area contributed by atoms with Crippen molar-refractivity contribution in [2.75, 3.05) is 4.90 Å². The van der Waals surface area contributed by atoms with E-state index in [2.05, 4.69) is 102 Å². The standard InChI is InChI=1S/C34H22N6S3/c1-22(35-2)19-27-20-36-33(41-27)28-17-18-29(32-31(28)38-43-39-32)34-37-21-30(42-34)23-13-15-26(16-14-23)40(24-9-5-3-6-10-24)25-11-7-4-8-12-25/h3-21H,1H3/b22-19-. The molecule has 0 spiro atoms. The van der Waals surface area contributed by atoms with Gasteiger partial charge in [0.2, 0.25) is 0 Å². The average molecular weight is 611 g/mol. The van der Waals surface area contributed by atoms with Gasteiger partial charge in [0.1, 0.15) is 21.0 Å². The summed E-state index contributed by atoms with van der Waals surface area (Å²) in [6.07, 6.45) is 5.58. The first-order valence-electron chi connectivity index (χ1n) is 13.4. The Morgan fingerprint density at radius 3 is 1.86 bits per heavy atom. The van der Waals surface area contributed by atoms with Gasteiger partial charge in [-0.2, -0.15) is 8.75 Å². The zero-order valence-electron chi connectivity index (χ0n) is 22.9. The van der Waals surface area contributed by atoms with E-state index in [1.54, 1.807) is 35.8 Å². The van der Waals surface area contributed by atoms with Crippen molar-refractivity contribution in [2.24, 2.45) is 0 Å². The molecule has 0 fully saturated rings. The van der Waals surface area contributed by atoms with E-state index in [1.807, 2.05) is 30.5 Å². The second-order valence-electron chi connectivity index (χ2n) is 9.67. The molecule has 0 amide bonds. The topological polar surface area (TPSA) is 59.2 Å². The Labute approximate surface area is 261 Å². The van der Waals surface area contributed by atoms with Crippen LogP contribution < -0.4 is 4.90 Å². The maximum atomic E-state index is 7.19. The minimum atomic E-state index is 0.630.